The number of carbonyl (C=O) groups excluding carboxylic acids is 1. The number of hydrogen-bond donors (Lipinski definition) is 9. The zero-order valence-corrected chi connectivity index (χ0v) is 66.1. The van der Waals surface area contributed by atoms with E-state index in [9.17, 15) is 45.6 Å². The summed E-state index contributed by atoms with van der Waals surface area (Å²) in [6.07, 6.45) is 85.5. The van der Waals surface area contributed by atoms with Crippen molar-refractivity contribution in [3.63, 3.8) is 0 Å². The molecule has 0 aliphatic carbocycles. The van der Waals surface area contributed by atoms with E-state index in [0.29, 0.717) is 12.8 Å². The number of allylic oxidation sites excluding steroid dienone is 13. The smallest absolute Gasteiger partial charge is 0.220 e. The third-order valence-electron chi connectivity index (χ3n) is 20.8. The summed E-state index contributed by atoms with van der Waals surface area (Å²) in [5.74, 6) is -0.248. The van der Waals surface area contributed by atoms with Gasteiger partial charge in [-0.15, -0.1) is 0 Å². The maximum absolute atomic E-state index is 13.4. The van der Waals surface area contributed by atoms with E-state index in [4.69, 9.17) is 18.9 Å². The van der Waals surface area contributed by atoms with Gasteiger partial charge in [0.1, 0.15) is 48.8 Å². The molecule has 2 heterocycles. The molecular formula is C89H161NO13. The Hall–Kier alpha value is -2.83. The molecule has 103 heavy (non-hydrogen) atoms. The third kappa shape index (κ3) is 54.4. The van der Waals surface area contributed by atoms with Crippen LogP contribution >= 0.6 is 0 Å². The number of aliphatic hydroxyl groups excluding tert-OH is 8. The molecule has 2 saturated heterocycles. The summed E-state index contributed by atoms with van der Waals surface area (Å²) in [7, 11) is 0. The van der Waals surface area contributed by atoms with Crippen molar-refractivity contribution in [1.29, 1.82) is 0 Å². The minimum Gasteiger partial charge on any atom is -0.394 e. The summed E-state index contributed by atoms with van der Waals surface area (Å²) < 4.78 is 22.9. The van der Waals surface area contributed by atoms with Gasteiger partial charge in [0.05, 0.1) is 32.0 Å². The topological polar surface area (TPSA) is 228 Å². The molecular weight excluding hydrogens is 1290 g/mol. The van der Waals surface area contributed by atoms with Gasteiger partial charge in [0.25, 0.3) is 0 Å². The van der Waals surface area contributed by atoms with Crippen LogP contribution in [0.25, 0.3) is 0 Å². The van der Waals surface area contributed by atoms with Gasteiger partial charge in [0, 0.05) is 6.42 Å². The van der Waals surface area contributed by atoms with Crippen molar-refractivity contribution in [3.05, 3.63) is 85.1 Å². The molecule has 14 nitrogen and oxygen atoms in total. The fraction of sp³-hybridized carbons (Fsp3) is 0.831. The van der Waals surface area contributed by atoms with Crippen molar-refractivity contribution in [2.75, 3.05) is 19.8 Å². The lowest BCUT2D eigenvalue weighted by molar-refractivity contribution is -0.359. The van der Waals surface area contributed by atoms with Gasteiger partial charge in [-0.05, 0) is 83.5 Å². The van der Waals surface area contributed by atoms with E-state index in [1.807, 2.05) is 6.08 Å². The lowest BCUT2D eigenvalue weighted by atomic mass is 9.97. The molecule has 0 aromatic heterocycles. The van der Waals surface area contributed by atoms with Gasteiger partial charge < -0.3 is 65.1 Å². The Morgan fingerprint density at radius 1 is 0.359 bits per heavy atom. The van der Waals surface area contributed by atoms with Crippen molar-refractivity contribution >= 4 is 5.91 Å². The SMILES string of the molecule is CC/C=C\C/C=C\C/C=C\C/C=C\CCCCCCCCCCCCCCCCCCCCCCCCCCC(=O)NC(COC1OC(CO)C(OC2OC(CO)C(O)C(O)C2O)C(O)C1O)C(O)/C=C/CC/C=C/CC/C=C/CCCCCCCCCCCCCCCCCCCCCCCC. The van der Waals surface area contributed by atoms with Crippen molar-refractivity contribution in [1.82, 2.24) is 5.32 Å². The van der Waals surface area contributed by atoms with Crippen molar-refractivity contribution in [2.24, 2.45) is 0 Å². The molecule has 0 saturated carbocycles. The molecule has 2 aliphatic heterocycles. The van der Waals surface area contributed by atoms with E-state index < -0.39 is 86.8 Å². The molecule has 9 N–H and O–H groups in total. The van der Waals surface area contributed by atoms with Gasteiger partial charge >= 0.3 is 0 Å². The highest BCUT2D eigenvalue weighted by molar-refractivity contribution is 5.76. The van der Waals surface area contributed by atoms with Crippen LogP contribution in [0.5, 0.6) is 0 Å². The summed E-state index contributed by atoms with van der Waals surface area (Å²) in [6, 6.07) is -0.942. The highest BCUT2D eigenvalue weighted by Crippen LogP contribution is 2.30. The first-order valence-electron chi connectivity index (χ1n) is 43.3. The van der Waals surface area contributed by atoms with Crippen LogP contribution in [0.1, 0.15) is 380 Å². The van der Waals surface area contributed by atoms with Crippen molar-refractivity contribution in [2.45, 2.75) is 453 Å². The lowest BCUT2D eigenvalue weighted by Crippen LogP contribution is -2.65. The first kappa shape index (κ1) is 96.2. The fourth-order valence-corrected chi connectivity index (χ4v) is 14.0. The van der Waals surface area contributed by atoms with Crippen LogP contribution in [0.2, 0.25) is 0 Å². The summed E-state index contributed by atoms with van der Waals surface area (Å²) in [5.41, 5.74) is 0. The number of nitrogens with one attached hydrogen (secondary N) is 1. The summed E-state index contributed by atoms with van der Waals surface area (Å²) in [6.45, 7) is 2.72. The Bertz CT molecular complexity index is 2060. The molecule has 0 aromatic carbocycles. The molecule has 12 unspecified atom stereocenters. The van der Waals surface area contributed by atoms with E-state index in [1.54, 1.807) is 6.08 Å². The minimum atomic E-state index is -1.80. The largest absolute Gasteiger partial charge is 0.394 e. The van der Waals surface area contributed by atoms with Crippen LogP contribution < -0.4 is 5.32 Å². The van der Waals surface area contributed by atoms with Crippen molar-refractivity contribution in [3.8, 4) is 0 Å². The van der Waals surface area contributed by atoms with E-state index in [2.05, 4.69) is 92.1 Å². The second-order valence-corrected chi connectivity index (χ2v) is 30.3. The van der Waals surface area contributed by atoms with E-state index in [1.165, 1.54) is 276 Å². The predicted molar refractivity (Wildman–Crippen MR) is 429 cm³/mol. The standard InChI is InChI=1S/C89H161NO13/c1-3-5-7-9-11-13-15-17-19-21-23-25-27-29-31-33-35-37-38-39-40-41-43-45-47-49-51-53-55-57-59-61-63-65-67-69-71-73-81(94)90-77(76-100-88-86(99)84(97)87(80(75-92)102-88)103-89-85(98)83(96)82(95)79(74-91)101-89)78(93)72-70-68-66-64-62-60-58-56-54-52-50-48-46-44-42-36-34-32-30-28-26-24-22-20-18-16-14-12-10-8-6-4-2/h5,7,11,13,17,19,23,25,54,56,62,64,70,72,77-80,82-89,91-93,95-99H,3-4,6,8-10,12,14-16,18,20-22,24,26-53,55,57-61,63,65-69,71,73-76H2,1-2H3,(H,90,94)/b7-5-,13-11-,19-17-,25-23-,56-54+,64-62+,72-70+. The molecule has 0 bridgehead atoms. The number of carbonyl (C=O) groups is 1. The maximum Gasteiger partial charge on any atom is 0.220 e. The number of amides is 1. The van der Waals surface area contributed by atoms with Gasteiger partial charge in [-0.25, -0.2) is 0 Å². The zero-order valence-electron chi connectivity index (χ0n) is 66.1. The van der Waals surface area contributed by atoms with Crippen molar-refractivity contribution < 1.29 is 64.6 Å². The second kappa shape index (κ2) is 72.1. The average Bonchev–Trinajstić information content (AvgIpc) is 0.791. The monoisotopic (exact) mass is 1450 g/mol. The lowest BCUT2D eigenvalue weighted by Gasteiger charge is -2.46. The van der Waals surface area contributed by atoms with Gasteiger partial charge in [0.2, 0.25) is 5.91 Å². The number of ether oxygens (including phenoxy) is 4. The van der Waals surface area contributed by atoms with Crippen LogP contribution in [0.4, 0.5) is 0 Å². The Morgan fingerprint density at radius 3 is 1.07 bits per heavy atom. The molecule has 0 radical (unpaired) electrons. The highest BCUT2D eigenvalue weighted by atomic mass is 16.7. The molecule has 600 valence electrons. The van der Waals surface area contributed by atoms with E-state index >= 15 is 0 Å². The van der Waals surface area contributed by atoms with E-state index in [0.717, 1.165) is 70.6 Å². The Labute approximate surface area is 631 Å². The molecule has 12 atom stereocenters. The summed E-state index contributed by atoms with van der Waals surface area (Å²) in [5, 5.41) is 87.8. The Balaban J connectivity index is 1.60. The molecule has 0 spiro atoms. The van der Waals surface area contributed by atoms with Gasteiger partial charge in [-0.2, -0.15) is 0 Å². The molecule has 0 aromatic rings. The quantitative estimate of drug-likeness (QED) is 0.0204. The minimum absolute atomic E-state index is 0.248. The second-order valence-electron chi connectivity index (χ2n) is 30.3. The average molecular weight is 1450 g/mol. The summed E-state index contributed by atoms with van der Waals surface area (Å²) in [4.78, 5) is 13.4. The fourth-order valence-electron chi connectivity index (χ4n) is 14.0. The van der Waals surface area contributed by atoms with Crippen LogP contribution in [-0.2, 0) is 23.7 Å². The van der Waals surface area contributed by atoms with Crippen LogP contribution in [-0.4, -0.2) is 140 Å². The molecule has 2 aliphatic rings. The Morgan fingerprint density at radius 2 is 0.680 bits per heavy atom. The predicted octanol–water partition coefficient (Wildman–Crippen LogP) is 20.6. The molecule has 2 fully saturated rings. The van der Waals surface area contributed by atoms with Gasteiger partial charge in [0.15, 0.2) is 12.6 Å². The first-order valence-corrected chi connectivity index (χ1v) is 43.3. The van der Waals surface area contributed by atoms with Gasteiger partial charge in [-0.3, -0.25) is 4.79 Å². The third-order valence-corrected chi connectivity index (χ3v) is 20.8. The Kier molecular flexibility index (Phi) is 67.3. The van der Waals surface area contributed by atoms with E-state index in [-0.39, 0.29) is 18.9 Å². The first-order chi connectivity index (χ1) is 50.6. The van der Waals surface area contributed by atoms with Gasteiger partial charge in [-0.1, -0.05) is 375 Å². The molecule has 14 heteroatoms. The maximum atomic E-state index is 13.4. The van der Waals surface area contributed by atoms with Crippen LogP contribution in [0.3, 0.4) is 0 Å². The summed E-state index contributed by atoms with van der Waals surface area (Å²) >= 11 is 0. The molecule has 2 rings (SSSR count). The molecule has 1 amide bonds. The highest BCUT2D eigenvalue weighted by Gasteiger charge is 2.51. The zero-order chi connectivity index (χ0) is 74.4. The number of hydrogen-bond acceptors (Lipinski definition) is 13. The number of unbranched alkanes of at least 4 members (excludes halogenated alkanes) is 48. The van der Waals surface area contributed by atoms with Crippen LogP contribution in [0, 0.1) is 0 Å². The number of rotatable bonds is 73. The number of aliphatic hydroxyl groups is 8. The normalized spacial score (nSPS) is 22.0. The van der Waals surface area contributed by atoms with Crippen LogP contribution in [0.15, 0.2) is 85.1 Å².